The summed E-state index contributed by atoms with van der Waals surface area (Å²) in [6.07, 6.45) is -0.704. The second kappa shape index (κ2) is 15.8. The van der Waals surface area contributed by atoms with Gasteiger partial charge in [0.1, 0.15) is 29.2 Å². The Kier molecular flexibility index (Phi) is 11.1. The molecule has 15 nitrogen and oxygen atoms in total. The molecule has 3 N–H and O–H groups in total. The Hall–Kier alpha value is -5.60. The number of nitrogens with two attached hydrogens (primary N) is 1. The summed E-state index contributed by atoms with van der Waals surface area (Å²) in [6.45, 7) is 5.41. The van der Waals surface area contributed by atoms with Crippen LogP contribution in [0.1, 0.15) is 54.1 Å². The van der Waals surface area contributed by atoms with Crippen molar-refractivity contribution in [2.75, 3.05) is 18.9 Å². The first kappa shape index (κ1) is 38.1. The Morgan fingerprint density at radius 1 is 0.926 bits per heavy atom. The number of fused-ring (bicyclic) bond motifs is 1. The molecule has 1 aliphatic heterocycles. The maximum Gasteiger partial charge on any atom is 0.459 e. The molecular formula is C38H40N5O10P. The SMILES string of the molecule is CC(C)OC(=O)[C@H](C)NP(=O)(OC[C@@]1(C)OC[C@@](OC(=O)c2ccccc2)(c2ccc3c(N)ncnn23)[C@@H]1OC(=O)c1ccccc1)Oc1ccccc1. The Morgan fingerprint density at radius 2 is 1.54 bits per heavy atom. The molecule has 0 bridgehead atoms. The highest BCUT2D eigenvalue weighted by Crippen LogP contribution is 2.51. The number of para-hydroxylation sites is 1. The predicted octanol–water partition coefficient (Wildman–Crippen LogP) is 5.51. The number of nitrogens with one attached hydrogen (secondary N) is 1. The number of hydrogen-bond donors (Lipinski definition) is 2. The Balaban J connectivity index is 1.44. The monoisotopic (exact) mass is 757 g/mol. The van der Waals surface area contributed by atoms with Crippen LogP contribution in [0.25, 0.3) is 5.52 Å². The van der Waals surface area contributed by atoms with Gasteiger partial charge in [-0.3, -0.25) is 9.32 Å². The van der Waals surface area contributed by atoms with Gasteiger partial charge >= 0.3 is 25.7 Å². The van der Waals surface area contributed by atoms with Crippen molar-refractivity contribution >= 4 is 37.0 Å². The third-order valence-corrected chi connectivity index (χ3v) is 10.2. The molecule has 5 aromatic rings. The number of ether oxygens (including phenoxy) is 4. The molecule has 2 aromatic heterocycles. The lowest BCUT2D eigenvalue weighted by Gasteiger charge is -2.38. The molecule has 0 spiro atoms. The van der Waals surface area contributed by atoms with Gasteiger partial charge in [-0.1, -0.05) is 54.6 Å². The van der Waals surface area contributed by atoms with Gasteiger partial charge in [-0.2, -0.15) is 10.2 Å². The number of nitrogen functional groups attached to an aromatic ring is 1. The van der Waals surface area contributed by atoms with Crippen molar-refractivity contribution in [3.63, 3.8) is 0 Å². The number of carbonyl (C=O) groups is 3. The molecule has 0 radical (unpaired) electrons. The lowest BCUT2D eigenvalue weighted by atomic mass is 9.85. The van der Waals surface area contributed by atoms with Crippen LogP contribution < -0.4 is 15.3 Å². The normalized spacial score (nSPS) is 21.2. The van der Waals surface area contributed by atoms with E-state index in [-0.39, 0.29) is 35.0 Å². The highest BCUT2D eigenvalue weighted by molar-refractivity contribution is 7.52. The van der Waals surface area contributed by atoms with Crippen LogP contribution in [0.3, 0.4) is 0 Å². The minimum Gasteiger partial charge on any atom is -0.462 e. The number of aromatic nitrogens is 3. The van der Waals surface area contributed by atoms with Gasteiger partial charge in [0.2, 0.25) is 5.60 Å². The van der Waals surface area contributed by atoms with E-state index in [1.54, 1.807) is 124 Å². The van der Waals surface area contributed by atoms with Gasteiger partial charge in [0.05, 0.1) is 36.1 Å². The van der Waals surface area contributed by atoms with E-state index in [0.29, 0.717) is 5.52 Å². The van der Waals surface area contributed by atoms with Gasteiger partial charge < -0.3 is 29.2 Å². The number of esters is 3. The van der Waals surface area contributed by atoms with Crippen molar-refractivity contribution in [1.29, 1.82) is 0 Å². The molecule has 0 amide bonds. The average Bonchev–Trinajstić information content (AvgIpc) is 3.72. The third-order valence-electron chi connectivity index (χ3n) is 8.58. The molecule has 5 atom stereocenters. The fraction of sp³-hybridized carbons (Fsp3) is 0.289. The second-order valence-electron chi connectivity index (χ2n) is 13.1. The number of hydrogen-bond acceptors (Lipinski definition) is 13. The van der Waals surface area contributed by atoms with Gasteiger partial charge in [0.15, 0.2) is 11.9 Å². The van der Waals surface area contributed by atoms with E-state index in [2.05, 4.69) is 15.2 Å². The zero-order valence-corrected chi connectivity index (χ0v) is 30.9. The quantitative estimate of drug-likeness (QED) is 0.0818. The molecule has 0 aliphatic carbocycles. The van der Waals surface area contributed by atoms with Crippen LogP contribution in [-0.2, 0) is 38.4 Å². The Labute approximate surface area is 311 Å². The standard InChI is InChI=1S/C38H40N5O10P/c1-25(2)50-33(44)26(3)42-54(47,53-29-18-12-7-13-19-29)49-22-37(4)36(51-34(45)27-14-8-5-9-15-27)38(23-48-37,52-35(46)28-16-10-6-11-17-28)31-21-20-30-32(39)40-24-41-43(30)31/h5-21,24-26,36H,22-23H2,1-4H3,(H,42,47)(H2,39,40,41)/t26-,36+,37+,38+,54?/m0/s1. The molecule has 54 heavy (non-hydrogen) atoms. The summed E-state index contributed by atoms with van der Waals surface area (Å²) in [4.78, 5) is 44.8. The van der Waals surface area contributed by atoms with Gasteiger partial charge in [0, 0.05) is 0 Å². The highest BCUT2D eigenvalue weighted by atomic mass is 31.2. The van der Waals surface area contributed by atoms with Crippen molar-refractivity contribution in [2.24, 2.45) is 0 Å². The van der Waals surface area contributed by atoms with Gasteiger partial charge in [-0.25, -0.2) is 23.7 Å². The molecule has 1 fully saturated rings. The first-order chi connectivity index (χ1) is 25.8. The molecule has 0 saturated carbocycles. The van der Waals surface area contributed by atoms with Crippen LogP contribution in [0, 0.1) is 0 Å². The fourth-order valence-corrected chi connectivity index (χ4v) is 7.55. The van der Waals surface area contributed by atoms with Crippen LogP contribution in [0.15, 0.2) is 109 Å². The van der Waals surface area contributed by atoms with Crippen LogP contribution in [-0.4, -0.2) is 69.6 Å². The number of anilines is 1. The van der Waals surface area contributed by atoms with E-state index in [9.17, 15) is 18.9 Å². The topological polar surface area (TPSA) is 192 Å². The minimum atomic E-state index is -4.45. The number of carbonyl (C=O) groups excluding carboxylic acids is 3. The van der Waals surface area contributed by atoms with Gasteiger partial charge in [0.25, 0.3) is 0 Å². The van der Waals surface area contributed by atoms with E-state index in [0.717, 1.165) is 0 Å². The molecule has 1 aliphatic rings. The van der Waals surface area contributed by atoms with Crippen LogP contribution in [0.5, 0.6) is 5.75 Å². The number of benzene rings is 3. The van der Waals surface area contributed by atoms with Crippen molar-refractivity contribution in [3.8, 4) is 5.75 Å². The summed E-state index contributed by atoms with van der Waals surface area (Å²) in [5.41, 5.74) is 3.60. The van der Waals surface area contributed by atoms with E-state index in [4.69, 9.17) is 33.7 Å². The molecule has 6 rings (SSSR count). The Morgan fingerprint density at radius 3 is 2.17 bits per heavy atom. The Bertz CT molecular complexity index is 2150. The predicted molar refractivity (Wildman–Crippen MR) is 195 cm³/mol. The summed E-state index contributed by atoms with van der Waals surface area (Å²) in [5, 5.41) is 7.04. The fourth-order valence-electron chi connectivity index (χ4n) is 5.97. The van der Waals surface area contributed by atoms with Crippen LogP contribution in [0.4, 0.5) is 5.82 Å². The van der Waals surface area contributed by atoms with Crippen LogP contribution in [0.2, 0.25) is 0 Å². The first-order valence-electron chi connectivity index (χ1n) is 17.1. The van der Waals surface area contributed by atoms with Crippen LogP contribution >= 0.6 is 7.75 Å². The molecular weight excluding hydrogens is 717 g/mol. The highest BCUT2D eigenvalue weighted by Gasteiger charge is 2.64. The summed E-state index contributed by atoms with van der Waals surface area (Å²) in [5.74, 6) is -1.93. The zero-order valence-electron chi connectivity index (χ0n) is 30.0. The average molecular weight is 758 g/mol. The molecule has 1 saturated heterocycles. The molecule has 3 heterocycles. The second-order valence-corrected chi connectivity index (χ2v) is 14.8. The third kappa shape index (κ3) is 8.14. The summed E-state index contributed by atoms with van der Waals surface area (Å²) in [6, 6.07) is 26.8. The largest absolute Gasteiger partial charge is 0.462 e. The smallest absolute Gasteiger partial charge is 0.459 e. The van der Waals surface area contributed by atoms with E-state index in [1.165, 1.54) is 17.8 Å². The van der Waals surface area contributed by atoms with Gasteiger partial charge in [-0.05, 0) is 76.2 Å². The lowest BCUT2D eigenvalue weighted by Crippen LogP contribution is -2.54. The van der Waals surface area contributed by atoms with E-state index < -0.39 is 61.7 Å². The number of rotatable bonds is 14. The minimum absolute atomic E-state index is 0.138. The maximum atomic E-state index is 14.6. The van der Waals surface area contributed by atoms with Crippen molar-refractivity contribution in [3.05, 3.63) is 126 Å². The zero-order chi connectivity index (χ0) is 38.5. The lowest BCUT2D eigenvalue weighted by molar-refractivity contribution is -0.149. The maximum absolute atomic E-state index is 14.6. The first-order valence-corrected chi connectivity index (χ1v) is 18.6. The van der Waals surface area contributed by atoms with Crippen molar-refractivity contribution < 1.29 is 46.9 Å². The molecule has 16 heteroatoms. The molecule has 282 valence electrons. The van der Waals surface area contributed by atoms with E-state index >= 15 is 0 Å². The summed E-state index contributed by atoms with van der Waals surface area (Å²) >= 11 is 0. The van der Waals surface area contributed by atoms with Crippen molar-refractivity contribution in [2.45, 2.75) is 57.1 Å². The molecule has 1 unspecified atom stereocenters. The molecule has 3 aromatic carbocycles. The summed E-state index contributed by atoms with van der Waals surface area (Å²) < 4.78 is 52.3. The number of nitrogens with zero attached hydrogens (tertiary/aromatic N) is 3. The summed E-state index contributed by atoms with van der Waals surface area (Å²) in [7, 11) is -4.45. The van der Waals surface area contributed by atoms with E-state index in [1.807, 2.05) is 0 Å². The van der Waals surface area contributed by atoms with Gasteiger partial charge in [-0.15, -0.1) is 0 Å². The van der Waals surface area contributed by atoms with Crippen molar-refractivity contribution in [1.82, 2.24) is 19.7 Å².